The van der Waals surface area contributed by atoms with Crippen LogP contribution in [0.5, 0.6) is 0 Å². The summed E-state index contributed by atoms with van der Waals surface area (Å²) >= 11 is 17.1. The first kappa shape index (κ1) is 9.45. The molecule has 0 radical (unpaired) electrons. The number of hydrogen-bond acceptors (Lipinski definition) is 1. The number of halogens is 3. The number of rotatable bonds is 2. The summed E-state index contributed by atoms with van der Waals surface area (Å²) < 4.78 is 5.24. The molecule has 1 nitrogen and oxygen atoms in total. The second-order valence-corrected chi connectivity index (χ2v) is 11.4. The highest BCUT2D eigenvalue weighted by molar-refractivity contribution is 7.64. The van der Waals surface area contributed by atoms with Gasteiger partial charge in [0.2, 0.25) is 0 Å². The van der Waals surface area contributed by atoms with Gasteiger partial charge in [-0.15, -0.1) is 33.2 Å². The van der Waals surface area contributed by atoms with E-state index in [-0.39, 0.29) is 0 Å². The van der Waals surface area contributed by atoms with E-state index < -0.39 is 6.00 Å². The SMILES string of the molecule is Cc1ccc(C[Si](Cl)(Cl)Cl)o1. The highest BCUT2D eigenvalue weighted by Gasteiger charge is 2.26. The van der Waals surface area contributed by atoms with Crippen molar-refractivity contribution in [1.82, 2.24) is 0 Å². The summed E-state index contributed by atoms with van der Waals surface area (Å²) in [7, 11) is 0. The molecule has 0 saturated carbocycles. The molecular formula is C6H7Cl3OSi. The van der Waals surface area contributed by atoms with E-state index in [0.717, 1.165) is 11.5 Å². The fourth-order valence-electron chi connectivity index (χ4n) is 0.778. The first-order chi connectivity index (χ1) is 4.97. The van der Waals surface area contributed by atoms with E-state index in [4.69, 9.17) is 37.7 Å². The van der Waals surface area contributed by atoms with Crippen LogP contribution in [0, 0.1) is 6.92 Å². The van der Waals surface area contributed by atoms with Gasteiger partial charge in [-0.2, -0.15) is 0 Å². The molecule has 1 heterocycles. The topological polar surface area (TPSA) is 13.1 Å². The third kappa shape index (κ3) is 3.52. The van der Waals surface area contributed by atoms with Crippen molar-refractivity contribution in [2.45, 2.75) is 13.0 Å². The van der Waals surface area contributed by atoms with Crippen molar-refractivity contribution in [3.05, 3.63) is 23.7 Å². The molecule has 0 aliphatic carbocycles. The summed E-state index contributed by atoms with van der Waals surface area (Å²) in [6.07, 6.45) is 0. The predicted molar refractivity (Wildman–Crippen MR) is 50.5 cm³/mol. The molecule has 1 aromatic heterocycles. The number of hydrogen-bond donors (Lipinski definition) is 0. The number of aryl methyl sites for hydroxylation is 1. The average Bonchev–Trinajstić information content (AvgIpc) is 2.10. The van der Waals surface area contributed by atoms with Crippen LogP contribution in [0.4, 0.5) is 0 Å². The third-order valence-corrected chi connectivity index (χ3v) is 3.12. The van der Waals surface area contributed by atoms with E-state index >= 15 is 0 Å². The van der Waals surface area contributed by atoms with Crippen LogP contribution in [0.1, 0.15) is 11.5 Å². The summed E-state index contributed by atoms with van der Waals surface area (Å²) in [5.41, 5.74) is 0. The van der Waals surface area contributed by atoms with E-state index in [1.807, 2.05) is 19.1 Å². The van der Waals surface area contributed by atoms with E-state index in [1.165, 1.54) is 0 Å². The van der Waals surface area contributed by atoms with Gasteiger partial charge in [0.05, 0.1) is 0 Å². The van der Waals surface area contributed by atoms with Crippen molar-refractivity contribution >= 4 is 39.2 Å². The highest BCUT2D eigenvalue weighted by Crippen LogP contribution is 2.25. The minimum Gasteiger partial charge on any atom is -0.467 e. The minimum absolute atomic E-state index is 0.450. The lowest BCUT2D eigenvalue weighted by Crippen LogP contribution is -2.13. The Bertz CT molecular complexity index is 240. The van der Waals surface area contributed by atoms with Gasteiger partial charge in [0, 0.05) is 6.04 Å². The molecular weight excluding hydrogens is 223 g/mol. The molecule has 0 aliphatic heterocycles. The summed E-state index contributed by atoms with van der Waals surface area (Å²) in [5.74, 6) is 1.61. The highest BCUT2D eigenvalue weighted by atomic mass is 35.8. The maximum Gasteiger partial charge on any atom is 0.348 e. The van der Waals surface area contributed by atoms with Crippen LogP contribution in [0.25, 0.3) is 0 Å². The van der Waals surface area contributed by atoms with Gasteiger partial charge in [-0.1, -0.05) is 0 Å². The Labute approximate surface area is 80.4 Å². The Morgan fingerprint density at radius 1 is 1.36 bits per heavy atom. The molecule has 0 aromatic carbocycles. The molecule has 0 unspecified atom stereocenters. The molecule has 0 N–H and O–H groups in total. The Kier molecular flexibility index (Phi) is 2.92. The molecule has 1 rings (SSSR count). The van der Waals surface area contributed by atoms with Gasteiger partial charge in [-0.05, 0) is 19.1 Å². The lowest BCUT2D eigenvalue weighted by Gasteiger charge is -2.03. The van der Waals surface area contributed by atoms with Crippen molar-refractivity contribution in [3.63, 3.8) is 0 Å². The third-order valence-electron chi connectivity index (χ3n) is 1.17. The first-order valence-corrected chi connectivity index (χ1v) is 8.34. The quantitative estimate of drug-likeness (QED) is 0.560. The Morgan fingerprint density at radius 2 is 2.00 bits per heavy atom. The van der Waals surface area contributed by atoms with Crippen LogP contribution in [0.15, 0.2) is 16.5 Å². The minimum atomic E-state index is -2.56. The lowest BCUT2D eigenvalue weighted by atomic mass is 10.5. The number of furan rings is 1. The molecule has 1 aromatic rings. The molecule has 0 fully saturated rings. The average molecular weight is 230 g/mol. The summed E-state index contributed by atoms with van der Waals surface area (Å²) in [4.78, 5) is 0. The van der Waals surface area contributed by atoms with Crippen LogP contribution in [0.2, 0.25) is 0 Å². The summed E-state index contributed by atoms with van der Waals surface area (Å²) in [6, 6.07) is 1.59. The fourth-order valence-corrected chi connectivity index (χ4v) is 2.55. The van der Waals surface area contributed by atoms with Crippen molar-refractivity contribution in [1.29, 1.82) is 0 Å². The summed E-state index contributed by atoms with van der Waals surface area (Å²) in [5, 5.41) is 0. The van der Waals surface area contributed by atoms with Crippen LogP contribution >= 0.6 is 33.2 Å². The Hall–Kier alpha value is 0.367. The largest absolute Gasteiger partial charge is 0.467 e. The standard InChI is InChI=1S/C6H7Cl3OSi/c1-5-2-3-6(10-5)4-11(7,8)9/h2-3H,4H2,1H3. The molecule has 0 aliphatic rings. The van der Waals surface area contributed by atoms with Crippen molar-refractivity contribution in [2.75, 3.05) is 0 Å². The smallest absolute Gasteiger partial charge is 0.348 e. The van der Waals surface area contributed by atoms with Gasteiger partial charge in [0.25, 0.3) is 0 Å². The molecule has 0 amide bonds. The predicted octanol–water partition coefficient (Wildman–Crippen LogP) is 3.33. The second-order valence-electron chi connectivity index (χ2n) is 2.30. The fraction of sp³-hybridized carbons (Fsp3) is 0.333. The molecule has 0 bridgehead atoms. The van der Waals surface area contributed by atoms with Crippen molar-refractivity contribution in [3.8, 4) is 0 Å². The van der Waals surface area contributed by atoms with E-state index in [9.17, 15) is 0 Å². The second kappa shape index (κ2) is 3.40. The van der Waals surface area contributed by atoms with E-state index in [2.05, 4.69) is 0 Å². The van der Waals surface area contributed by atoms with Gasteiger partial charge in [-0.25, -0.2) is 0 Å². The van der Waals surface area contributed by atoms with Gasteiger partial charge in [0.15, 0.2) is 0 Å². The van der Waals surface area contributed by atoms with Crippen LogP contribution in [0.3, 0.4) is 0 Å². The van der Waals surface area contributed by atoms with E-state index in [0.29, 0.717) is 6.04 Å². The molecule has 62 valence electrons. The lowest BCUT2D eigenvalue weighted by molar-refractivity contribution is 0.499. The van der Waals surface area contributed by atoms with Gasteiger partial charge in [0.1, 0.15) is 11.5 Å². The molecule has 5 heteroatoms. The molecule has 0 spiro atoms. The van der Waals surface area contributed by atoms with Crippen LogP contribution in [-0.2, 0) is 6.04 Å². The maximum atomic E-state index is 5.69. The van der Waals surface area contributed by atoms with Crippen LogP contribution in [-0.4, -0.2) is 6.00 Å². The molecule has 0 atom stereocenters. The zero-order valence-corrected chi connectivity index (χ0v) is 9.17. The molecule has 0 saturated heterocycles. The molecule has 11 heavy (non-hydrogen) atoms. The van der Waals surface area contributed by atoms with Gasteiger partial charge in [-0.3, -0.25) is 0 Å². The summed E-state index contributed by atoms with van der Waals surface area (Å²) in [6.45, 7) is 1.86. The van der Waals surface area contributed by atoms with Crippen LogP contribution < -0.4 is 0 Å². The normalized spacial score (nSPS) is 12.0. The monoisotopic (exact) mass is 228 g/mol. The van der Waals surface area contributed by atoms with Gasteiger partial charge < -0.3 is 4.42 Å². The maximum absolute atomic E-state index is 5.69. The van der Waals surface area contributed by atoms with E-state index in [1.54, 1.807) is 0 Å². The zero-order valence-electron chi connectivity index (χ0n) is 5.90. The zero-order chi connectivity index (χ0) is 8.48. The van der Waals surface area contributed by atoms with Crippen molar-refractivity contribution < 1.29 is 4.42 Å². The van der Waals surface area contributed by atoms with Crippen molar-refractivity contribution in [2.24, 2.45) is 0 Å². The Balaban J connectivity index is 2.65. The Morgan fingerprint density at radius 3 is 2.36 bits per heavy atom. The van der Waals surface area contributed by atoms with Gasteiger partial charge >= 0.3 is 6.00 Å². The first-order valence-electron chi connectivity index (χ1n) is 3.09.